The zero-order valence-electron chi connectivity index (χ0n) is 10.3. The molecule has 0 fully saturated rings. The first-order valence-electron chi connectivity index (χ1n) is 5.78. The molecule has 0 unspecified atom stereocenters. The van der Waals surface area contributed by atoms with E-state index in [0.29, 0.717) is 16.1 Å². The lowest BCUT2D eigenvalue weighted by Crippen LogP contribution is -1.96. The smallest absolute Gasteiger partial charge is 0.146 e. The van der Waals surface area contributed by atoms with Crippen molar-refractivity contribution in [2.75, 3.05) is 7.11 Å². The third kappa shape index (κ3) is 1.98. The number of H-pyrrole nitrogens is 1. The molecule has 0 amide bonds. The normalized spacial score (nSPS) is 10.6. The molecule has 0 bridgehead atoms. The average Bonchev–Trinajstić information content (AvgIpc) is 2.48. The third-order valence-corrected chi connectivity index (χ3v) is 3.22. The van der Waals surface area contributed by atoms with Crippen molar-refractivity contribution in [2.24, 2.45) is 0 Å². The van der Waals surface area contributed by atoms with Gasteiger partial charge in [0.2, 0.25) is 0 Å². The van der Waals surface area contributed by atoms with Crippen LogP contribution in [-0.4, -0.2) is 22.3 Å². The molecular weight excluding hydrogens is 258 g/mol. The van der Waals surface area contributed by atoms with Gasteiger partial charge in [0.05, 0.1) is 7.11 Å². The molecule has 3 rings (SSSR count). The van der Waals surface area contributed by atoms with Crippen molar-refractivity contribution in [3.05, 3.63) is 47.2 Å². The van der Waals surface area contributed by atoms with Gasteiger partial charge in [-0.2, -0.15) is 5.10 Å². The molecule has 0 saturated carbocycles. The van der Waals surface area contributed by atoms with Crippen LogP contribution in [0.25, 0.3) is 22.2 Å². The molecule has 5 heteroatoms. The second kappa shape index (κ2) is 4.78. The fourth-order valence-corrected chi connectivity index (χ4v) is 2.25. The van der Waals surface area contributed by atoms with Gasteiger partial charge in [-0.25, -0.2) is 0 Å². The van der Waals surface area contributed by atoms with Gasteiger partial charge in [0.15, 0.2) is 0 Å². The van der Waals surface area contributed by atoms with E-state index >= 15 is 0 Å². The molecule has 2 aromatic heterocycles. The number of aromatic amines is 1. The fraction of sp³-hybridized carbons (Fsp3) is 0.0714. The SMILES string of the molecule is COc1cccnc1-c1n[nH]c(=S)c2ccccc12. The summed E-state index contributed by atoms with van der Waals surface area (Å²) in [6, 6.07) is 11.5. The van der Waals surface area contributed by atoms with Crippen LogP contribution < -0.4 is 4.74 Å². The summed E-state index contributed by atoms with van der Waals surface area (Å²) in [6.07, 6.45) is 1.72. The summed E-state index contributed by atoms with van der Waals surface area (Å²) in [4.78, 5) is 4.36. The Balaban J connectivity index is 2.38. The maximum absolute atomic E-state index is 5.34. The van der Waals surface area contributed by atoms with E-state index in [9.17, 15) is 0 Å². The Labute approximate surface area is 115 Å². The van der Waals surface area contributed by atoms with E-state index in [4.69, 9.17) is 17.0 Å². The minimum absolute atomic E-state index is 0.620. The van der Waals surface area contributed by atoms with Gasteiger partial charge in [0, 0.05) is 17.0 Å². The minimum Gasteiger partial charge on any atom is -0.494 e. The number of pyridine rings is 1. The van der Waals surface area contributed by atoms with Crippen molar-refractivity contribution >= 4 is 23.0 Å². The predicted molar refractivity (Wildman–Crippen MR) is 76.7 cm³/mol. The van der Waals surface area contributed by atoms with Crippen LogP contribution in [-0.2, 0) is 0 Å². The highest BCUT2D eigenvalue weighted by Crippen LogP contribution is 2.30. The molecule has 0 aliphatic heterocycles. The number of rotatable bonds is 2. The Hall–Kier alpha value is -2.27. The summed E-state index contributed by atoms with van der Waals surface area (Å²) in [5.41, 5.74) is 1.44. The molecule has 4 nitrogen and oxygen atoms in total. The predicted octanol–water partition coefficient (Wildman–Crippen LogP) is 3.36. The van der Waals surface area contributed by atoms with E-state index < -0.39 is 0 Å². The number of hydrogen-bond donors (Lipinski definition) is 1. The number of ether oxygens (including phenoxy) is 1. The minimum atomic E-state index is 0.620. The molecule has 1 N–H and O–H groups in total. The van der Waals surface area contributed by atoms with Crippen LogP contribution in [0.1, 0.15) is 0 Å². The summed E-state index contributed by atoms with van der Waals surface area (Å²) in [5.74, 6) is 0.686. The Morgan fingerprint density at radius 2 is 1.84 bits per heavy atom. The number of nitrogens with zero attached hydrogens (tertiary/aromatic N) is 2. The first kappa shape index (κ1) is 11.8. The summed E-state index contributed by atoms with van der Waals surface area (Å²) >= 11 is 5.25. The highest BCUT2D eigenvalue weighted by atomic mass is 32.1. The van der Waals surface area contributed by atoms with Crippen LogP contribution in [0.4, 0.5) is 0 Å². The molecule has 0 radical (unpaired) electrons. The molecule has 3 aromatic rings. The quantitative estimate of drug-likeness (QED) is 0.725. The number of hydrogen-bond acceptors (Lipinski definition) is 4. The van der Waals surface area contributed by atoms with E-state index in [1.165, 1.54) is 0 Å². The summed E-state index contributed by atoms with van der Waals surface area (Å²) in [5, 5.41) is 9.09. The lowest BCUT2D eigenvalue weighted by Gasteiger charge is -2.08. The van der Waals surface area contributed by atoms with Gasteiger partial charge in [-0.1, -0.05) is 36.5 Å². The Morgan fingerprint density at radius 3 is 2.63 bits per heavy atom. The highest BCUT2D eigenvalue weighted by molar-refractivity contribution is 7.71. The lowest BCUT2D eigenvalue weighted by atomic mass is 10.1. The highest BCUT2D eigenvalue weighted by Gasteiger charge is 2.12. The first-order chi connectivity index (χ1) is 9.31. The first-order valence-corrected chi connectivity index (χ1v) is 6.19. The van der Waals surface area contributed by atoms with E-state index in [-0.39, 0.29) is 0 Å². The topological polar surface area (TPSA) is 50.8 Å². The molecular formula is C14H11N3OS. The van der Waals surface area contributed by atoms with Crippen molar-refractivity contribution in [1.82, 2.24) is 15.2 Å². The van der Waals surface area contributed by atoms with Crippen molar-refractivity contribution in [3.63, 3.8) is 0 Å². The Kier molecular flexibility index (Phi) is 2.97. The van der Waals surface area contributed by atoms with Crippen molar-refractivity contribution in [1.29, 1.82) is 0 Å². The van der Waals surface area contributed by atoms with E-state index in [1.807, 2.05) is 36.4 Å². The van der Waals surface area contributed by atoms with Crippen molar-refractivity contribution < 1.29 is 4.74 Å². The molecule has 19 heavy (non-hydrogen) atoms. The monoisotopic (exact) mass is 269 g/mol. The van der Waals surface area contributed by atoms with Crippen LogP contribution >= 0.6 is 12.2 Å². The van der Waals surface area contributed by atoms with Crippen LogP contribution in [0.2, 0.25) is 0 Å². The van der Waals surface area contributed by atoms with Gasteiger partial charge in [0.1, 0.15) is 21.8 Å². The van der Waals surface area contributed by atoms with Crippen LogP contribution in [0, 0.1) is 4.64 Å². The molecule has 0 aliphatic carbocycles. The largest absolute Gasteiger partial charge is 0.494 e. The van der Waals surface area contributed by atoms with Gasteiger partial charge >= 0.3 is 0 Å². The molecule has 0 atom stereocenters. The zero-order valence-corrected chi connectivity index (χ0v) is 11.1. The second-order valence-corrected chi connectivity index (χ2v) is 4.41. The molecule has 0 aliphatic rings. The van der Waals surface area contributed by atoms with E-state index in [1.54, 1.807) is 13.3 Å². The summed E-state index contributed by atoms with van der Waals surface area (Å²) in [6.45, 7) is 0. The van der Waals surface area contributed by atoms with Gasteiger partial charge in [-0.3, -0.25) is 10.1 Å². The Morgan fingerprint density at radius 1 is 1.05 bits per heavy atom. The Bertz CT molecular complexity index is 798. The average molecular weight is 269 g/mol. The number of methoxy groups -OCH3 is 1. The van der Waals surface area contributed by atoms with Gasteiger partial charge in [-0.15, -0.1) is 0 Å². The number of aromatic nitrogens is 3. The van der Waals surface area contributed by atoms with Crippen molar-refractivity contribution in [3.8, 4) is 17.1 Å². The zero-order chi connectivity index (χ0) is 13.2. The van der Waals surface area contributed by atoms with Gasteiger partial charge in [0.25, 0.3) is 0 Å². The molecule has 94 valence electrons. The molecule has 1 aromatic carbocycles. The molecule has 2 heterocycles. The maximum atomic E-state index is 5.34. The number of nitrogens with one attached hydrogen (secondary N) is 1. The lowest BCUT2D eigenvalue weighted by molar-refractivity contribution is 0.414. The third-order valence-electron chi connectivity index (χ3n) is 2.91. The van der Waals surface area contributed by atoms with Gasteiger partial charge in [-0.05, 0) is 12.1 Å². The number of fused-ring (bicyclic) bond motifs is 1. The van der Waals surface area contributed by atoms with Crippen molar-refractivity contribution in [2.45, 2.75) is 0 Å². The van der Waals surface area contributed by atoms with E-state index in [0.717, 1.165) is 16.5 Å². The van der Waals surface area contributed by atoms with Crippen LogP contribution in [0.15, 0.2) is 42.6 Å². The van der Waals surface area contributed by atoms with Crippen LogP contribution in [0.5, 0.6) is 5.75 Å². The summed E-state index contributed by atoms with van der Waals surface area (Å²) in [7, 11) is 1.62. The second-order valence-electron chi connectivity index (χ2n) is 4.00. The standard InChI is InChI=1S/C14H11N3OS/c1-18-11-7-4-8-15-13(11)12-9-5-2-3-6-10(9)14(19)17-16-12/h2-8H,1H3,(H,17,19). The van der Waals surface area contributed by atoms with Crippen LogP contribution in [0.3, 0.4) is 0 Å². The maximum Gasteiger partial charge on any atom is 0.146 e. The summed E-state index contributed by atoms with van der Waals surface area (Å²) < 4.78 is 5.96. The fourth-order valence-electron chi connectivity index (χ4n) is 2.03. The van der Waals surface area contributed by atoms with Gasteiger partial charge < -0.3 is 4.74 Å². The molecule has 0 saturated heterocycles. The van der Waals surface area contributed by atoms with E-state index in [2.05, 4.69) is 15.2 Å². The molecule has 0 spiro atoms. The number of benzene rings is 1.